The Morgan fingerprint density at radius 2 is 1.53 bits per heavy atom. The normalized spacial score (nSPS) is 15.4. The SMILES string of the molecule is O=C1C(c2c(Cl)cccc2Cl)Cc2cnc(Nc3ccccc3)nc2N1c1ccccc1. The molecule has 0 aliphatic carbocycles. The number of amides is 1. The molecule has 5 nitrogen and oxygen atoms in total. The van der Waals surface area contributed by atoms with Crippen LogP contribution >= 0.6 is 23.2 Å². The van der Waals surface area contributed by atoms with Crippen molar-refractivity contribution in [3.63, 3.8) is 0 Å². The molecule has 32 heavy (non-hydrogen) atoms. The molecule has 1 aromatic heterocycles. The van der Waals surface area contributed by atoms with Crippen LogP contribution in [0.4, 0.5) is 23.1 Å². The van der Waals surface area contributed by atoms with Crippen molar-refractivity contribution >= 4 is 52.3 Å². The Labute approximate surface area is 195 Å². The van der Waals surface area contributed by atoms with E-state index in [1.165, 1.54) is 0 Å². The molecule has 1 N–H and O–H groups in total. The quantitative estimate of drug-likeness (QED) is 0.375. The molecule has 4 aromatic rings. The standard InChI is InChI=1S/C25H18Cl2N4O/c26-20-12-7-13-21(27)22(20)19-14-16-15-28-25(29-17-8-3-1-4-9-17)30-23(16)31(24(19)32)18-10-5-2-6-11-18/h1-13,15,19H,14H2,(H,28,29,30). The van der Waals surface area contributed by atoms with Gasteiger partial charge in [0.25, 0.3) is 0 Å². The van der Waals surface area contributed by atoms with Gasteiger partial charge in [-0.15, -0.1) is 0 Å². The van der Waals surface area contributed by atoms with Gasteiger partial charge in [-0.2, -0.15) is 4.98 Å². The third kappa shape index (κ3) is 3.81. The molecule has 1 amide bonds. The predicted octanol–water partition coefficient (Wildman–Crippen LogP) is 6.53. The molecule has 2 heterocycles. The summed E-state index contributed by atoms with van der Waals surface area (Å²) in [4.78, 5) is 24.6. The van der Waals surface area contributed by atoms with Crippen molar-refractivity contribution < 1.29 is 4.79 Å². The molecule has 0 radical (unpaired) electrons. The Morgan fingerprint density at radius 3 is 2.22 bits per heavy atom. The number of benzene rings is 3. The predicted molar refractivity (Wildman–Crippen MR) is 128 cm³/mol. The highest BCUT2D eigenvalue weighted by Gasteiger charge is 2.38. The second-order valence-corrected chi connectivity index (χ2v) is 8.25. The number of para-hydroxylation sites is 2. The van der Waals surface area contributed by atoms with Crippen molar-refractivity contribution in [2.24, 2.45) is 0 Å². The summed E-state index contributed by atoms with van der Waals surface area (Å²) in [5.41, 5.74) is 3.05. The van der Waals surface area contributed by atoms with Gasteiger partial charge >= 0.3 is 0 Å². The van der Waals surface area contributed by atoms with Crippen molar-refractivity contribution in [1.82, 2.24) is 9.97 Å². The summed E-state index contributed by atoms with van der Waals surface area (Å²) in [6.07, 6.45) is 2.17. The van der Waals surface area contributed by atoms with Gasteiger partial charge in [-0.3, -0.25) is 9.69 Å². The lowest BCUT2D eigenvalue weighted by molar-refractivity contribution is -0.119. The van der Waals surface area contributed by atoms with E-state index >= 15 is 0 Å². The summed E-state index contributed by atoms with van der Waals surface area (Å²) in [5.74, 6) is 0.287. The van der Waals surface area contributed by atoms with Crippen LogP contribution < -0.4 is 10.2 Å². The average molecular weight is 461 g/mol. The maximum absolute atomic E-state index is 13.8. The first-order valence-corrected chi connectivity index (χ1v) is 10.9. The van der Waals surface area contributed by atoms with Crippen LogP contribution in [-0.4, -0.2) is 15.9 Å². The minimum absolute atomic E-state index is 0.136. The van der Waals surface area contributed by atoms with Crippen LogP contribution in [0.2, 0.25) is 10.0 Å². The van der Waals surface area contributed by atoms with Crippen LogP contribution in [0.1, 0.15) is 17.0 Å². The summed E-state index contributed by atoms with van der Waals surface area (Å²) < 4.78 is 0. The van der Waals surface area contributed by atoms with Crippen LogP contribution in [-0.2, 0) is 11.2 Å². The Balaban J connectivity index is 1.62. The molecule has 3 aromatic carbocycles. The van der Waals surface area contributed by atoms with Crippen molar-refractivity contribution in [2.75, 3.05) is 10.2 Å². The molecule has 0 spiro atoms. The van der Waals surface area contributed by atoms with E-state index in [1.54, 1.807) is 29.3 Å². The topological polar surface area (TPSA) is 58.1 Å². The van der Waals surface area contributed by atoms with Crippen LogP contribution in [0.3, 0.4) is 0 Å². The number of hydrogen-bond donors (Lipinski definition) is 1. The van der Waals surface area contributed by atoms with Crippen molar-refractivity contribution in [3.8, 4) is 0 Å². The highest BCUT2D eigenvalue weighted by Crippen LogP contribution is 2.42. The summed E-state index contributed by atoms with van der Waals surface area (Å²) >= 11 is 12.9. The number of hydrogen-bond acceptors (Lipinski definition) is 4. The number of carbonyl (C=O) groups is 1. The van der Waals surface area contributed by atoms with E-state index < -0.39 is 5.92 Å². The molecule has 0 saturated carbocycles. The second kappa shape index (κ2) is 8.61. The molecule has 0 fully saturated rings. The minimum atomic E-state index is -0.541. The molecule has 0 bridgehead atoms. The molecule has 1 unspecified atom stereocenters. The van der Waals surface area contributed by atoms with Gasteiger partial charge in [-0.05, 0) is 42.8 Å². The maximum atomic E-state index is 13.8. The van der Waals surface area contributed by atoms with E-state index in [-0.39, 0.29) is 5.91 Å². The van der Waals surface area contributed by atoms with Gasteiger partial charge in [0.05, 0.1) is 11.6 Å². The van der Waals surface area contributed by atoms with E-state index in [1.807, 2.05) is 60.7 Å². The Bertz CT molecular complexity index is 1260. The third-order valence-electron chi connectivity index (χ3n) is 5.39. The fourth-order valence-electron chi connectivity index (χ4n) is 3.91. The molecular formula is C25H18Cl2N4O. The molecule has 0 saturated heterocycles. The molecule has 1 atom stereocenters. The van der Waals surface area contributed by atoms with E-state index in [0.29, 0.717) is 33.8 Å². The lowest BCUT2D eigenvalue weighted by atomic mass is 9.87. The second-order valence-electron chi connectivity index (χ2n) is 7.43. The Morgan fingerprint density at radius 1 is 0.875 bits per heavy atom. The third-order valence-corrected chi connectivity index (χ3v) is 6.05. The lowest BCUT2D eigenvalue weighted by Gasteiger charge is -2.34. The van der Waals surface area contributed by atoms with Crippen molar-refractivity contribution in [3.05, 3.63) is 106 Å². The number of nitrogens with zero attached hydrogens (tertiary/aromatic N) is 3. The number of fused-ring (bicyclic) bond motifs is 1. The molecule has 7 heteroatoms. The summed E-state index contributed by atoms with van der Waals surface area (Å²) in [6.45, 7) is 0. The van der Waals surface area contributed by atoms with E-state index in [9.17, 15) is 4.79 Å². The first-order valence-electron chi connectivity index (χ1n) is 10.1. The van der Waals surface area contributed by atoms with Gasteiger partial charge < -0.3 is 5.32 Å². The number of nitrogens with one attached hydrogen (secondary N) is 1. The maximum Gasteiger partial charge on any atom is 0.240 e. The van der Waals surface area contributed by atoms with E-state index in [0.717, 1.165) is 16.9 Å². The van der Waals surface area contributed by atoms with Crippen molar-refractivity contribution in [1.29, 1.82) is 0 Å². The van der Waals surface area contributed by atoms with E-state index in [4.69, 9.17) is 28.2 Å². The average Bonchev–Trinajstić information content (AvgIpc) is 2.81. The molecular weight excluding hydrogens is 443 g/mol. The highest BCUT2D eigenvalue weighted by atomic mass is 35.5. The van der Waals surface area contributed by atoms with Gasteiger partial charge in [-0.1, -0.05) is 65.7 Å². The monoisotopic (exact) mass is 460 g/mol. The van der Waals surface area contributed by atoms with Gasteiger partial charge in [0.15, 0.2) is 0 Å². The van der Waals surface area contributed by atoms with Gasteiger partial charge in [0.1, 0.15) is 5.82 Å². The van der Waals surface area contributed by atoms with Gasteiger partial charge in [0.2, 0.25) is 11.9 Å². The number of halogens is 2. The van der Waals surface area contributed by atoms with E-state index in [2.05, 4.69) is 10.3 Å². The number of rotatable bonds is 4. The zero-order valence-corrected chi connectivity index (χ0v) is 18.4. The first kappa shape index (κ1) is 20.5. The minimum Gasteiger partial charge on any atom is -0.324 e. The number of aromatic nitrogens is 2. The van der Waals surface area contributed by atoms with Crippen LogP contribution in [0.15, 0.2) is 85.1 Å². The smallest absolute Gasteiger partial charge is 0.240 e. The number of carbonyl (C=O) groups excluding carboxylic acids is 1. The lowest BCUT2D eigenvalue weighted by Crippen LogP contribution is -2.38. The molecule has 1 aliphatic rings. The molecule has 1 aliphatic heterocycles. The molecule has 5 rings (SSSR count). The first-order chi connectivity index (χ1) is 15.6. The highest BCUT2D eigenvalue weighted by molar-refractivity contribution is 6.36. The van der Waals surface area contributed by atoms with Crippen LogP contribution in [0.5, 0.6) is 0 Å². The van der Waals surface area contributed by atoms with Crippen LogP contribution in [0.25, 0.3) is 0 Å². The summed E-state index contributed by atoms with van der Waals surface area (Å²) in [6, 6.07) is 24.4. The fourth-order valence-corrected chi connectivity index (χ4v) is 4.57. The van der Waals surface area contributed by atoms with Gasteiger partial charge in [0, 0.05) is 33.1 Å². The fraction of sp³-hybridized carbons (Fsp3) is 0.0800. The largest absolute Gasteiger partial charge is 0.324 e. The Hall–Kier alpha value is -3.41. The molecule has 158 valence electrons. The van der Waals surface area contributed by atoms with Crippen molar-refractivity contribution in [2.45, 2.75) is 12.3 Å². The summed E-state index contributed by atoms with van der Waals surface area (Å²) in [7, 11) is 0. The van der Waals surface area contributed by atoms with Gasteiger partial charge in [-0.25, -0.2) is 4.98 Å². The van der Waals surface area contributed by atoms with Crippen LogP contribution in [0, 0.1) is 0 Å². The number of anilines is 4. The Kier molecular flexibility index (Phi) is 5.52. The summed E-state index contributed by atoms with van der Waals surface area (Å²) in [5, 5.41) is 4.14. The zero-order valence-electron chi connectivity index (χ0n) is 16.9. The zero-order chi connectivity index (χ0) is 22.1.